The second kappa shape index (κ2) is 4.65. The van der Waals surface area contributed by atoms with Crippen molar-refractivity contribution in [3.63, 3.8) is 0 Å². The molecule has 0 fully saturated rings. The Morgan fingerprint density at radius 3 is 1.35 bits per heavy atom. The summed E-state index contributed by atoms with van der Waals surface area (Å²) in [6.45, 7) is 12.3. The van der Waals surface area contributed by atoms with Crippen molar-refractivity contribution in [1.82, 2.24) is 0 Å². The fourth-order valence-corrected chi connectivity index (χ4v) is 1.85. The minimum atomic E-state index is -0.212. The maximum absolute atomic E-state index is 12.3. The number of furan rings is 2. The predicted molar refractivity (Wildman–Crippen MR) is 78.2 cm³/mol. The van der Waals surface area contributed by atoms with Crippen LogP contribution in [0.1, 0.15) is 69.4 Å². The average Bonchev–Trinajstić information content (AvgIpc) is 2.96. The molecule has 0 aliphatic rings. The van der Waals surface area contributed by atoms with Gasteiger partial charge in [-0.1, -0.05) is 41.5 Å². The normalized spacial score (nSPS) is 12.7. The van der Waals surface area contributed by atoms with Gasteiger partial charge in [0.05, 0.1) is 0 Å². The van der Waals surface area contributed by atoms with Crippen LogP contribution in [0.2, 0.25) is 0 Å². The van der Waals surface area contributed by atoms with Crippen LogP contribution in [0.3, 0.4) is 0 Å². The van der Waals surface area contributed by atoms with Gasteiger partial charge in [-0.05, 0) is 24.3 Å². The highest BCUT2D eigenvalue weighted by molar-refractivity contribution is 6.05. The molecule has 2 aromatic rings. The molecule has 0 N–H and O–H groups in total. The molecule has 0 amide bonds. The number of carbonyl (C=O) groups excluding carboxylic acids is 1. The van der Waals surface area contributed by atoms with Gasteiger partial charge in [0, 0.05) is 10.8 Å². The van der Waals surface area contributed by atoms with E-state index in [0.29, 0.717) is 11.5 Å². The topological polar surface area (TPSA) is 43.4 Å². The molecular formula is C17H22O3. The summed E-state index contributed by atoms with van der Waals surface area (Å²) in [6, 6.07) is 7.12. The number of carbonyl (C=O) groups is 1. The first-order valence-electron chi connectivity index (χ1n) is 6.84. The lowest BCUT2D eigenvalue weighted by Gasteiger charge is -2.14. The summed E-state index contributed by atoms with van der Waals surface area (Å²) < 4.78 is 11.3. The molecule has 0 radical (unpaired) electrons. The standard InChI is InChI=1S/C17H22O3/c1-16(2,3)13-9-7-11(19-13)15(18)12-8-10-14(20-12)17(4,5)6/h7-10H,1-6H3. The Morgan fingerprint density at radius 1 is 0.750 bits per heavy atom. The van der Waals surface area contributed by atoms with Crippen molar-refractivity contribution < 1.29 is 13.6 Å². The molecule has 0 spiro atoms. The Bertz CT molecular complexity index is 561. The molecule has 0 bridgehead atoms. The second-order valence-electron chi connectivity index (χ2n) is 7.16. The van der Waals surface area contributed by atoms with Crippen LogP contribution < -0.4 is 0 Å². The summed E-state index contributed by atoms with van der Waals surface area (Å²) in [5, 5.41) is 0. The summed E-state index contributed by atoms with van der Waals surface area (Å²) >= 11 is 0. The maximum atomic E-state index is 12.3. The molecule has 0 unspecified atom stereocenters. The number of rotatable bonds is 2. The molecule has 0 aliphatic carbocycles. The van der Waals surface area contributed by atoms with Crippen LogP contribution in [-0.4, -0.2) is 5.78 Å². The average molecular weight is 274 g/mol. The SMILES string of the molecule is CC(C)(C)c1ccc(C(=O)c2ccc(C(C)(C)C)o2)o1. The maximum Gasteiger partial charge on any atom is 0.263 e. The zero-order chi connectivity index (χ0) is 15.1. The molecule has 2 heterocycles. The lowest BCUT2D eigenvalue weighted by molar-refractivity contribution is 0.0976. The Hall–Kier alpha value is -1.77. The van der Waals surface area contributed by atoms with Crippen LogP contribution in [0.4, 0.5) is 0 Å². The summed E-state index contributed by atoms with van der Waals surface area (Å²) in [6.07, 6.45) is 0. The molecule has 0 saturated carbocycles. The zero-order valence-corrected chi connectivity index (χ0v) is 13.0. The summed E-state index contributed by atoms with van der Waals surface area (Å²) in [7, 11) is 0. The van der Waals surface area contributed by atoms with E-state index in [1.54, 1.807) is 12.1 Å². The highest BCUT2D eigenvalue weighted by Crippen LogP contribution is 2.28. The van der Waals surface area contributed by atoms with Crippen molar-refractivity contribution in [2.45, 2.75) is 52.4 Å². The van der Waals surface area contributed by atoms with Gasteiger partial charge in [-0.15, -0.1) is 0 Å². The second-order valence-corrected chi connectivity index (χ2v) is 7.16. The Morgan fingerprint density at radius 2 is 1.10 bits per heavy atom. The molecule has 2 rings (SSSR count). The van der Waals surface area contributed by atoms with Gasteiger partial charge in [-0.25, -0.2) is 0 Å². The fourth-order valence-electron chi connectivity index (χ4n) is 1.85. The lowest BCUT2D eigenvalue weighted by atomic mass is 9.94. The van der Waals surface area contributed by atoms with Crippen LogP contribution in [-0.2, 0) is 10.8 Å². The van der Waals surface area contributed by atoms with E-state index >= 15 is 0 Å². The molecule has 108 valence electrons. The van der Waals surface area contributed by atoms with E-state index in [9.17, 15) is 4.79 Å². The monoisotopic (exact) mass is 274 g/mol. The number of ketones is 1. The summed E-state index contributed by atoms with van der Waals surface area (Å²) in [5.74, 6) is 2.03. The van der Waals surface area contributed by atoms with E-state index in [0.717, 1.165) is 11.5 Å². The first kappa shape index (κ1) is 14.6. The van der Waals surface area contributed by atoms with Crippen LogP contribution in [0.25, 0.3) is 0 Å². The third kappa shape index (κ3) is 2.87. The number of hydrogen-bond acceptors (Lipinski definition) is 3. The van der Waals surface area contributed by atoms with E-state index in [1.165, 1.54) is 0 Å². The minimum absolute atomic E-state index is 0.113. The van der Waals surface area contributed by atoms with Crippen molar-refractivity contribution in [2.24, 2.45) is 0 Å². The van der Waals surface area contributed by atoms with Gasteiger partial charge in [-0.3, -0.25) is 4.79 Å². The van der Waals surface area contributed by atoms with Crippen molar-refractivity contribution in [2.75, 3.05) is 0 Å². The fraction of sp³-hybridized carbons (Fsp3) is 0.471. The summed E-state index contributed by atoms with van der Waals surface area (Å²) in [4.78, 5) is 12.3. The Balaban J connectivity index is 2.28. The molecule has 2 aromatic heterocycles. The van der Waals surface area contributed by atoms with E-state index in [2.05, 4.69) is 0 Å². The molecule has 3 nitrogen and oxygen atoms in total. The third-order valence-corrected chi connectivity index (χ3v) is 3.14. The van der Waals surface area contributed by atoms with E-state index < -0.39 is 0 Å². The van der Waals surface area contributed by atoms with Gasteiger partial charge in [0.2, 0.25) is 0 Å². The lowest BCUT2D eigenvalue weighted by Crippen LogP contribution is -2.10. The highest BCUT2D eigenvalue weighted by atomic mass is 16.4. The summed E-state index contributed by atoms with van der Waals surface area (Å²) in [5.41, 5.74) is -0.226. The van der Waals surface area contributed by atoms with Crippen molar-refractivity contribution in [1.29, 1.82) is 0 Å². The van der Waals surface area contributed by atoms with Gasteiger partial charge in [0.25, 0.3) is 5.78 Å². The number of hydrogen-bond donors (Lipinski definition) is 0. The van der Waals surface area contributed by atoms with Crippen LogP contribution in [0, 0.1) is 0 Å². The van der Waals surface area contributed by atoms with E-state index in [-0.39, 0.29) is 16.6 Å². The van der Waals surface area contributed by atoms with E-state index in [1.807, 2.05) is 53.7 Å². The van der Waals surface area contributed by atoms with Crippen LogP contribution in [0.5, 0.6) is 0 Å². The molecular weight excluding hydrogens is 252 g/mol. The van der Waals surface area contributed by atoms with Crippen molar-refractivity contribution >= 4 is 5.78 Å². The van der Waals surface area contributed by atoms with Gasteiger partial charge in [0.1, 0.15) is 11.5 Å². The molecule has 0 saturated heterocycles. The first-order chi connectivity index (χ1) is 9.09. The van der Waals surface area contributed by atoms with Gasteiger partial charge >= 0.3 is 0 Å². The molecule has 20 heavy (non-hydrogen) atoms. The zero-order valence-electron chi connectivity index (χ0n) is 13.0. The minimum Gasteiger partial charge on any atom is -0.457 e. The Kier molecular flexibility index (Phi) is 3.41. The van der Waals surface area contributed by atoms with Gasteiger partial charge < -0.3 is 8.83 Å². The molecule has 3 heteroatoms. The van der Waals surface area contributed by atoms with Crippen LogP contribution >= 0.6 is 0 Å². The molecule has 0 aromatic carbocycles. The van der Waals surface area contributed by atoms with Crippen molar-refractivity contribution in [3.05, 3.63) is 47.3 Å². The van der Waals surface area contributed by atoms with Crippen molar-refractivity contribution in [3.8, 4) is 0 Å². The van der Waals surface area contributed by atoms with Gasteiger partial charge in [-0.2, -0.15) is 0 Å². The first-order valence-corrected chi connectivity index (χ1v) is 6.84. The highest BCUT2D eigenvalue weighted by Gasteiger charge is 2.24. The largest absolute Gasteiger partial charge is 0.457 e. The van der Waals surface area contributed by atoms with Crippen LogP contribution in [0.15, 0.2) is 33.1 Å². The Labute approximate surface area is 120 Å². The van der Waals surface area contributed by atoms with E-state index in [4.69, 9.17) is 8.83 Å². The smallest absolute Gasteiger partial charge is 0.263 e. The molecule has 0 atom stereocenters. The molecule has 0 aliphatic heterocycles. The predicted octanol–water partition coefficient (Wildman–Crippen LogP) is 4.70. The third-order valence-electron chi connectivity index (χ3n) is 3.14. The van der Waals surface area contributed by atoms with Gasteiger partial charge in [0.15, 0.2) is 11.5 Å². The quantitative estimate of drug-likeness (QED) is 0.745.